The van der Waals surface area contributed by atoms with Crippen LogP contribution >= 0.6 is 0 Å². The Labute approximate surface area is 114 Å². The van der Waals surface area contributed by atoms with Gasteiger partial charge in [0.25, 0.3) is 0 Å². The summed E-state index contributed by atoms with van der Waals surface area (Å²) in [5, 5.41) is 11.9. The zero-order chi connectivity index (χ0) is 13.7. The quantitative estimate of drug-likeness (QED) is 0.848. The molecule has 1 aliphatic rings. The fourth-order valence-electron chi connectivity index (χ4n) is 2.05. The lowest BCUT2D eigenvalue weighted by Gasteiger charge is -2.23. The normalized spacial score (nSPS) is 17.4. The van der Waals surface area contributed by atoms with Gasteiger partial charge < -0.3 is 15.8 Å². The zero-order valence-corrected chi connectivity index (χ0v) is 11.9. The second kappa shape index (κ2) is 6.30. The lowest BCUT2D eigenvalue weighted by molar-refractivity contribution is 0.0843. The first kappa shape index (κ1) is 14.2. The molecule has 19 heavy (non-hydrogen) atoms. The van der Waals surface area contributed by atoms with Crippen molar-refractivity contribution in [3.8, 4) is 0 Å². The molecular weight excluding hydrogens is 240 g/mol. The van der Waals surface area contributed by atoms with Crippen molar-refractivity contribution < 1.29 is 4.74 Å². The number of anilines is 1. The predicted molar refractivity (Wildman–Crippen MR) is 76.2 cm³/mol. The molecule has 1 fully saturated rings. The number of nitrogens with one attached hydrogen (secondary N) is 1. The van der Waals surface area contributed by atoms with E-state index in [9.17, 15) is 0 Å². The molecule has 5 nitrogen and oxygen atoms in total. The van der Waals surface area contributed by atoms with Crippen LogP contribution in [0, 0.1) is 5.41 Å². The van der Waals surface area contributed by atoms with Crippen LogP contribution in [0.1, 0.15) is 38.3 Å². The van der Waals surface area contributed by atoms with Gasteiger partial charge in [-0.15, -0.1) is 5.10 Å². The molecule has 0 aromatic carbocycles. The highest BCUT2D eigenvalue weighted by molar-refractivity contribution is 5.33. The van der Waals surface area contributed by atoms with E-state index in [1.54, 1.807) is 0 Å². The van der Waals surface area contributed by atoms with E-state index < -0.39 is 0 Å². The third-order valence-corrected chi connectivity index (χ3v) is 3.63. The number of hydrogen-bond acceptors (Lipinski definition) is 5. The second-order valence-corrected chi connectivity index (χ2v) is 5.95. The SMILES string of the molecule is CC(C)(CN)CNc1ccc(C2CCOCC2)nn1. The molecule has 0 atom stereocenters. The maximum Gasteiger partial charge on any atom is 0.148 e. The summed E-state index contributed by atoms with van der Waals surface area (Å²) < 4.78 is 5.36. The summed E-state index contributed by atoms with van der Waals surface area (Å²) in [6.45, 7) is 7.37. The van der Waals surface area contributed by atoms with Crippen LogP contribution < -0.4 is 11.1 Å². The average Bonchev–Trinajstić information content (AvgIpc) is 2.47. The van der Waals surface area contributed by atoms with Crippen LogP contribution in [0.5, 0.6) is 0 Å². The first-order valence-electron chi connectivity index (χ1n) is 6.96. The second-order valence-electron chi connectivity index (χ2n) is 5.95. The Morgan fingerprint density at radius 2 is 2.05 bits per heavy atom. The molecule has 1 aromatic heterocycles. The topological polar surface area (TPSA) is 73.1 Å². The van der Waals surface area contributed by atoms with Crippen LogP contribution in [0.4, 0.5) is 5.82 Å². The van der Waals surface area contributed by atoms with E-state index in [0.717, 1.165) is 44.1 Å². The van der Waals surface area contributed by atoms with Gasteiger partial charge in [0.2, 0.25) is 0 Å². The molecule has 0 bridgehead atoms. The Kier molecular flexibility index (Phi) is 4.71. The molecule has 0 spiro atoms. The van der Waals surface area contributed by atoms with Crippen molar-refractivity contribution in [2.45, 2.75) is 32.6 Å². The third-order valence-electron chi connectivity index (χ3n) is 3.63. The van der Waals surface area contributed by atoms with Crippen molar-refractivity contribution in [1.29, 1.82) is 0 Å². The van der Waals surface area contributed by atoms with Crippen LogP contribution in [-0.4, -0.2) is 36.5 Å². The minimum absolute atomic E-state index is 0.0705. The Balaban J connectivity index is 1.91. The highest BCUT2D eigenvalue weighted by atomic mass is 16.5. The van der Waals surface area contributed by atoms with Crippen molar-refractivity contribution in [1.82, 2.24) is 10.2 Å². The monoisotopic (exact) mass is 264 g/mol. The van der Waals surface area contributed by atoms with Crippen molar-refractivity contribution in [2.75, 3.05) is 31.6 Å². The summed E-state index contributed by atoms with van der Waals surface area (Å²) >= 11 is 0. The molecule has 2 rings (SSSR count). The number of aromatic nitrogens is 2. The molecule has 1 saturated heterocycles. The average molecular weight is 264 g/mol. The Morgan fingerprint density at radius 3 is 2.63 bits per heavy atom. The van der Waals surface area contributed by atoms with Crippen LogP contribution in [0.3, 0.4) is 0 Å². The highest BCUT2D eigenvalue weighted by Crippen LogP contribution is 2.25. The molecule has 0 saturated carbocycles. The minimum Gasteiger partial charge on any atom is -0.381 e. The number of nitrogens with two attached hydrogens (primary N) is 1. The number of hydrogen-bond donors (Lipinski definition) is 2. The van der Waals surface area contributed by atoms with Crippen LogP contribution in [0.15, 0.2) is 12.1 Å². The van der Waals surface area contributed by atoms with E-state index >= 15 is 0 Å². The van der Waals surface area contributed by atoms with Crippen molar-refractivity contribution in [3.63, 3.8) is 0 Å². The van der Waals surface area contributed by atoms with Gasteiger partial charge in [-0.1, -0.05) is 13.8 Å². The standard InChI is InChI=1S/C14H24N4O/c1-14(2,9-15)10-16-13-4-3-12(17-18-13)11-5-7-19-8-6-11/h3-4,11H,5-10,15H2,1-2H3,(H,16,18). The van der Waals surface area contributed by atoms with Crippen LogP contribution in [0.25, 0.3) is 0 Å². The highest BCUT2D eigenvalue weighted by Gasteiger charge is 2.18. The minimum atomic E-state index is 0.0705. The Morgan fingerprint density at radius 1 is 1.32 bits per heavy atom. The molecule has 3 N–H and O–H groups in total. The summed E-state index contributed by atoms with van der Waals surface area (Å²) in [5.74, 6) is 1.31. The largest absolute Gasteiger partial charge is 0.381 e. The molecule has 0 radical (unpaired) electrons. The molecule has 1 aliphatic heterocycles. The van der Waals surface area contributed by atoms with Gasteiger partial charge >= 0.3 is 0 Å². The van der Waals surface area contributed by atoms with E-state index in [2.05, 4.69) is 35.4 Å². The van der Waals surface area contributed by atoms with Gasteiger partial charge in [0.1, 0.15) is 5.82 Å². The van der Waals surface area contributed by atoms with Gasteiger partial charge in [0.15, 0.2) is 0 Å². The third kappa shape index (κ3) is 4.14. The number of nitrogens with zero attached hydrogens (tertiary/aromatic N) is 2. The lowest BCUT2D eigenvalue weighted by Crippen LogP contribution is -2.31. The van der Waals surface area contributed by atoms with Crippen molar-refractivity contribution in [3.05, 3.63) is 17.8 Å². The van der Waals surface area contributed by atoms with E-state index in [4.69, 9.17) is 10.5 Å². The smallest absolute Gasteiger partial charge is 0.148 e. The van der Waals surface area contributed by atoms with Crippen LogP contribution in [0.2, 0.25) is 0 Å². The summed E-state index contributed by atoms with van der Waals surface area (Å²) in [5.41, 5.74) is 6.85. The molecule has 2 heterocycles. The van der Waals surface area contributed by atoms with Gasteiger partial charge in [-0.05, 0) is 36.9 Å². The molecule has 106 valence electrons. The maximum absolute atomic E-state index is 5.70. The fourth-order valence-corrected chi connectivity index (χ4v) is 2.05. The molecule has 1 aromatic rings. The fraction of sp³-hybridized carbons (Fsp3) is 0.714. The van der Waals surface area contributed by atoms with Gasteiger partial charge in [-0.2, -0.15) is 5.10 Å². The molecule has 5 heteroatoms. The van der Waals surface area contributed by atoms with E-state index in [1.807, 2.05) is 6.07 Å². The Hall–Kier alpha value is -1.20. The van der Waals surface area contributed by atoms with E-state index in [-0.39, 0.29) is 5.41 Å². The maximum atomic E-state index is 5.70. The van der Waals surface area contributed by atoms with Crippen molar-refractivity contribution in [2.24, 2.45) is 11.1 Å². The van der Waals surface area contributed by atoms with Gasteiger partial charge in [-0.25, -0.2) is 0 Å². The zero-order valence-electron chi connectivity index (χ0n) is 11.9. The molecule has 0 unspecified atom stereocenters. The predicted octanol–water partition coefficient (Wildman–Crippen LogP) is 1.77. The summed E-state index contributed by atoms with van der Waals surface area (Å²) in [4.78, 5) is 0. The van der Waals surface area contributed by atoms with Crippen LogP contribution in [-0.2, 0) is 4.74 Å². The van der Waals surface area contributed by atoms with Crippen molar-refractivity contribution >= 4 is 5.82 Å². The number of ether oxygens (including phenoxy) is 1. The summed E-state index contributed by atoms with van der Waals surface area (Å²) in [7, 11) is 0. The van der Waals surface area contributed by atoms with E-state index in [1.165, 1.54) is 0 Å². The Bertz CT molecular complexity index is 385. The van der Waals surface area contributed by atoms with Gasteiger partial charge in [0.05, 0.1) is 5.69 Å². The number of rotatable bonds is 5. The molecule has 0 amide bonds. The van der Waals surface area contributed by atoms with Gasteiger partial charge in [0, 0.05) is 25.7 Å². The summed E-state index contributed by atoms with van der Waals surface area (Å²) in [6, 6.07) is 4.07. The van der Waals surface area contributed by atoms with Gasteiger partial charge in [-0.3, -0.25) is 0 Å². The van der Waals surface area contributed by atoms with E-state index in [0.29, 0.717) is 12.5 Å². The molecule has 0 aliphatic carbocycles. The summed E-state index contributed by atoms with van der Waals surface area (Å²) in [6.07, 6.45) is 2.09. The molecular formula is C14H24N4O. The lowest BCUT2D eigenvalue weighted by atomic mass is 9.94. The first-order chi connectivity index (χ1) is 9.11. The first-order valence-corrected chi connectivity index (χ1v) is 6.96.